The molecule has 272 valence electrons. The second-order valence-corrected chi connectivity index (χ2v) is 14.4. The summed E-state index contributed by atoms with van der Waals surface area (Å²) in [6.07, 6.45) is 0.814. The van der Waals surface area contributed by atoms with E-state index >= 15 is 0 Å². The van der Waals surface area contributed by atoms with E-state index in [1.807, 2.05) is 23.1 Å². The molecule has 3 aliphatic heterocycles. The van der Waals surface area contributed by atoms with E-state index in [1.54, 1.807) is 4.90 Å². The number of amides is 2. The zero-order valence-corrected chi connectivity index (χ0v) is 30.2. The smallest absolute Gasteiger partial charge is 0.425 e. The van der Waals surface area contributed by atoms with Crippen LogP contribution in [0.4, 0.5) is 22.0 Å². The fourth-order valence-electron chi connectivity index (χ4n) is 6.62. The minimum absolute atomic E-state index is 0.0165. The van der Waals surface area contributed by atoms with Gasteiger partial charge < -0.3 is 19.3 Å². The molecule has 1 aromatic carbocycles. The molecule has 16 heteroatoms. The van der Waals surface area contributed by atoms with Crippen LogP contribution in [-0.2, 0) is 34.3 Å². The Morgan fingerprint density at radius 2 is 1.84 bits per heavy atom. The molecule has 0 radical (unpaired) electrons. The number of thiophene rings is 1. The number of nitrogens with zero attached hydrogens (tertiary/aromatic N) is 4. The number of benzene rings is 1. The van der Waals surface area contributed by atoms with Crippen molar-refractivity contribution < 1.29 is 41.0 Å². The molecule has 8 nitrogen and oxygen atoms in total. The Morgan fingerprint density at radius 3 is 2.50 bits per heavy atom. The highest BCUT2D eigenvalue weighted by molar-refractivity contribution is 7.17. The highest BCUT2D eigenvalue weighted by atomic mass is 35.5. The van der Waals surface area contributed by atoms with Crippen LogP contribution >= 0.6 is 32.2 Å². The van der Waals surface area contributed by atoms with E-state index < -0.39 is 34.6 Å². The SMILES string of the molecule is COc1csc(C(F)(F)F)c1.O=C([C@@H]1CCCN(C(=O)c2cnccc2C(F)(F)P)[C@@H]1CCN1CCOCC1)N1CCc2cc(Cl)ccc2C1. The lowest BCUT2D eigenvalue weighted by molar-refractivity contribution is -0.140. The number of likely N-dealkylation sites (tertiary alicyclic amines) is 1. The number of ether oxygens (including phenoxy) is 2. The minimum Gasteiger partial charge on any atom is -0.496 e. The number of morpholine rings is 1. The van der Waals surface area contributed by atoms with Crippen LogP contribution in [0.1, 0.15) is 51.2 Å². The molecular weight excluding hydrogens is 722 g/mol. The molecule has 0 N–H and O–H groups in total. The molecule has 2 saturated heterocycles. The molecule has 3 atom stereocenters. The van der Waals surface area contributed by atoms with E-state index in [9.17, 15) is 31.5 Å². The van der Waals surface area contributed by atoms with Gasteiger partial charge in [-0.3, -0.25) is 19.5 Å². The second-order valence-electron chi connectivity index (χ2n) is 12.4. The predicted octanol–water partition coefficient (Wildman–Crippen LogP) is 6.96. The summed E-state index contributed by atoms with van der Waals surface area (Å²) in [5.41, 5.74) is -1.54. The molecule has 2 amide bonds. The molecule has 0 aliphatic carbocycles. The second kappa shape index (κ2) is 16.6. The van der Waals surface area contributed by atoms with Gasteiger partial charge >= 0.3 is 6.18 Å². The van der Waals surface area contributed by atoms with Crippen LogP contribution in [0, 0.1) is 5.92 Å². The topological polar surface area (TPSA) is 75.2 Å². The third-order valence-electron chi connectivity index (χ3n) is 9.20. The van der Waals surface area contributed by atoms with Crippen LogP contribution < -0.4 is 4.74 Å². The number of piperidine rings is 1. The predicted molar refractivity (Wildman–Crippen MR) is 184 cm³/mol. The Kier molecular flexibility index (Phi) is 12.7. The number of pyridine rings is 1. The normalized spacial score (nSPS) is 20.1. The lowest BCUT2D eigenvalue weighted by Gasteiger charge is -2.44. The molecule has 0 saturated carbocycles. The molecule has 1 unspecified atom stereocenters. The Balaban J connectivity index is 0.000000377. The molecule has 5 heterocycles. The first-order valence-electron chi connectivity index (χ1n) is 16.2. The Bertz CT molecular complexity index is 1640. The molecule has 50 heavy (non-hydrogen) atoms. The molecule has 0 bridgehead atoms. The summed E-state index contributed by atoms with van der Waals surface area (Å²) in [5.74, 6) is -0.636. The molecule has 3 aromatic rings. The summed E-state index contributed by atoms with van der Waals surface area (Å²) in [6, 6.07) is 7.53. The summed E-state index contributed by atoms with van der Waals surface area (Å²) < 4.78 is 74.6. The maximum Gasteiger partial charge on any atom is 0.425 e. The summed E-state index contributed by atoms with van der Waals surface area (Å²) >= 11 is 6.80. The van der Waals surface area contributed by atoms with Crippen molar-refractivity contribution in [3.8, 4) is 5.75 Å². The monoisotopic (exact) mass is 760 g/mol. The van der Waals surface area contributed by atoms with Crippen molar-refractivity contribution in [3.05, 3.63) is 80.3 Å². The average molecular weight is 761 g/mol. The zero-order valence-electron chi connectivity index (χ0n) is 27.4. The number of fused-ring (bicyclic) bond motifs is 1. The van der Waals surface area contributed by atoms with Gasteiger partial charge in [0.05, 0.1) is 31.8 Å². The first kappa shape index (κ1) is 38.3. The highest BCUT2D eigenvalue weighted by Crippen LogP contribution is 2.39. The van der Waals surface area contributed by atoms with E-state index in [4.69, 9.17) is 16.3 Å². The van der Waals surface area contributed by atoms with Gasteiger partial charge in [-0.2, -0.15) is 22.0 Å². The molecule has 3 aliphatic rings. The van der Waals surface area contributed by atoms with Crippen LogP contribution in [0.5, 0.6) is 5.75 Å². The Morgan fingerprint density at radius 1 is 1.08 bits per heavy atom. The number of alkyl halides is 5. The van der Waals surface area contributed by atoms with Gasteiger partial charge in [-0.25, -0.2) is 0 Å². The molecule has 2 fully saturated rings. The van der Waals surface area contributed by atoms with Gasteiger partial charge in [-0.1, -0.05) is 26.9 Å². The van der Waals surface area contributed by atoms with Crippen molar-refractivity contribution in [2.45, 2.75) is 50.1 Å². The fourth-order valence-corrected chi connectivity index (χ4v) is 7.79. The number of rotatable bonds is 7. The van der Waals surface area contributed by atoms with Crippen LogP contribution in [0.15, 0.2) is 48.1 Å². The summed E-state index contributed by atoms with van der Waals surface area (Å²) in [7, 11) is 2.85. The number of halogens is 6. The summed E-state index contributed by atoms with van der Waals surface area (Å²) in [5, 5.41) is 2.01. The quantitative estimate of drug-likeness (QED) is 0.192. The van der Waals surface area contributed by atoms with Gasteiger partial charge in [0.2, 0.25) is 5.91 Å². The molecule has 6 rings (SSSR count). The number of carbonyl (C=O) groups excluding carboxylic acids is 2. The first-order chi connectivity index (χ1) is 23.8. The lowest BCUT2D eigenvalue weighted by Crippen LogP contribution is -2.55. The Hall–Kier alpha value is -2.90. The molecular formula is C34H39ClF5N4O4PS. The van der Waals surface area contributed by atoms with E-state index in [2.05, 4.69) is 14.6 Å². The van der Waals surface area contributed by atoms with Crippen molar-refractivity contribution in [1.82, 2.24) is 19.7 Å². The minimum atomic E-state index is -4.25. The van der Waals surface area contributed by atoms with Crippen molar-refractivity contribution in [2.24, 2.45) is 5.92 Å². The van der Waals surface area contributed by atoms with Gasteiger partial charge in [0, 0.05) is 79.7 Å². The van der Waals surface area contributed by atoms with Crippen LogP contribution in [0.25, 0.3) is 0 Å². The average Bonchev–Trinajstić information content (AvgIpc) is 3.61. The van der Waals surface area contributed by atoms with Crippen LogP contribution in [-0.4, -0.2) is 90.6 Å². The van der Waals surface area contributed by atoms with E-state index in [-0.39, 0.29) is 22.8 Å². The molecule has 2 aromatic heterocycles. The standard InChI is InChI=1S/C28H34ClF2N4O3P.C6H5F3OS/c29-21-4-3-20-18-34(11-6-19(20)16-21)26(36)22-2-1-9-35(25(22)7-10-33-12-14-38-15-13-33)27(37)23-17-32-8-5-24(23)28(30,31)39;1-10-4-2-5(11-3-4)6(7,8)9/h3-5,8,16-17,22,25H,1-2,6-7,9-15,18,39H2;2-3H,1H3/t22-,25-;/m1./s1. The van der Waals surface area contributed by atoms with Gasteiger partial charge in [0.1, 0.15) is 10.6 Å². The van der Waals surface area contributed by atoms with Gasteiger partial charge in [0.25, 0.3) is 11.6 Å². The number of hydrogen-bond acceptors (Lipinski definition) is 7. The summed E-state index contributed by atoms with van der Waals surface area (Å²) in [6.45, 7) is 5.06. The van der Waals surface area contributed by atoms with Crippen molar-refractivity contribution in [1.29, 1.82) is 0 Å². The van der Waals surface area contributed by atoms with Crippen molar-refractivity contribution in [3.63, 3.8) is 0 Å². The number of aromatic nitrogens is 1. The maximum atomic E-state index is 14.4. The summed E-state index contributed by atoms with van der Waals surface area (Å²) in [4.78, 5) is 37.0. The fraction of sp³-hybridized carbons (Fsp3) is 0.500. The number of methoxy groups -OCH3 is 1. The van der Waals surface area contributed by atoms with E-state index in [1.165, 1.54) is 40.2 Å². The van der Waals surface area contributed by atoms with Gasteiger partial charge in [0.15, 0.2) is 0 Å². The first-order valence-corrected chi connectivity index (χ1v) is 18.1. The van der Waals surface area contributed by atoms with Crippen LogP contribution in [0.3, 0.4) is 0 Å². The largest absolute Gasteiger partial charge is 0.496 e. The highest BCUT2D eigenvalue weighted by Gasteiger charge is 2.42. The zero-order chi connectivity index (χ0) is 36.1. The van der Waals surface area contributed by atoms with Crippen molar-refractivity contribution >= 4 is 44.0 Å². The van der Waals surface area contributed by atoms with Crippen molar-refractivity contribution in [2.75, 3.05) is 53.0 Å². The third kappa shape index (κ3) is 9.50. The van der Waals surface area contributed by atoms with Crippen LogP contribution in [0.2, 0.25) is 5.02 Å². The lowest BCUT2D eigenvalue weighted by atomic mass is 9.84. The number of carbonyl (C=O) groups is 2. The number of hydrogen-bond donors (Lipinski definition) is 0. The Labute approximate surface area is 299 Å². The van der Waals surface area contributed by atoms with Gasteiger partial charge in [-0.05, 0) is 55.0 Å². The van der Waals surface area contributed by atoms with Gasteiger partial charge in [-0.15, -0.1) is 11.3 Å². The third-order valence-corrected chi connectivity index (χ3v) is 10.7. The van der Waals surface area contributed by atoms with E-state index in [0.29, 0.717) is 75.0 Å². The molecule has 0 spiro atoms. The van der Waals surface area contributed by atoms with E-state index in [0.717, 1.165) is 36.7 Å². The maximum absolute atomic E-state index is 14.4.